The van der Waals surface area contributed by atoms with Crippen LogP contribution in [0.4, 0.5) is 15.8 Å². The summed E-state index contributed by atoms with van der Waals surface area (Å²) in [7, 11) is -3.97. The molecule has 3 aromatic rings. The van der Waals surface area contributed by atoms with Crippen LogP contribution >= 0.6 is 11.6 Å². The van der Waals surface area contributed by atoms with E-state index in [0.29, 0.717) is 16.8 Å². The van der Waals surface area contributed by atoms with Crippen LogP contribution in [-0.4, -0.2) is 14.3 Å². The summed E-state index contributed by atoms with van der Waals surface area (Å²) in [4.78, 5) is 12.1. The number of rotatable bonds is 5. The van der Waals surface area contributed by atoms with E-state index in [-0.39, 0.29) is 15.6 Å². The van der Waals surface area contributed by atoms with E-state index in [1.165, 1.54) is 30.3 Å². The van der Waals surface area contributed by atoms with E-state index in [0.717, 1.165) is 18.2 Å². The summed E-state index contributed by atoms with van der Waals surface area (Å²) >= 11 is 5.63. The molecule has 0 aliphatic carbocycles. The van der Waals surface area contributed by atoms with Crippen LogP contribution in [-0.2, 0) is 10.0 Å². The molecule has 3 rings (SSSR count). The minimum Gasteiger partial charge on any atom is -0.322 e. The summed E-state index contributed by atoms with van der Waals surface area (Å²) in [6, 6.07) is 17.2. The zero-order chi connectivity index (χ0) is 21.0. The average molecular weight is 430 g/mol. The molecular weight excluding hydrogens is 417 g/mol. The number of hydrogen-bond acceptors (Lipinski definition) is 4. The van der Waals surface area contributed by atoms with Crippen molar-refractivity contribution in [2.45, 2.75) is 4.90 Å². The Labute approximate surface area is 171 Å². The van der Waals surface area contributed by atoms with Crippen molar-refractivity contribution in [1.29, 1.82) is 5.26 Å². The molecule has 0 aliphatic heterocycles. The fourth-order valence-corrected chi connectivity index (χ4v) is 3.75. The fourth-order valence-electron chi connectivity index (χ4n) is 2.42. The second-order valence-electron chi connectivity index (χ2n) is 5.91. The first-order valence-electron chi connectivity index (χ1n) is 8.18. The van der Waals surface area contributed by atoms with Gasteiger partial charge in [0.25, 0.3) is 15.9 Å². The van der Waals surface area contributed by atoms with Crippen molar-refractivity contribution in [2.24, 2.45) is 0 Å². The minimum atomic E-state index is -3.97. The van der Waals surface area contributed by atoms with Crippen LogP contribution in [0.3, 0.4) is 0 Å². The maximum Gasteiger partial charge on any atom is 0.261 e. The van der Waals surface area contributed by atoms with Crippen molar-refractivity contribution in [3.05, 3.63) is 88.7 Å². The van der Waals surface area contributed by atoms with E-state index < -0.39 is 21.7 Å². The van der Waals surface area contributed by atoms with Gasteiger partial charge in [-0.25, -0.2) is 12.8 Å². The van der Waals surface area contributed by atoms with Crippen LogP contribution in [0.25, 0.3) is 0 Å². The predicted molar refractivity (Wildman–Crippen MR) is 108 cm³/mol. The summed E-state index contributed by atoms with van der Waals surface area (Å²) in [5.41, 5.74) is 1.38. The molecule has 0 spiro atoms. The van der Waals surface area contributed by atoms with Crippen LogP contribution < -0.4 is 10.0 Å². The molecule has 3 aromatic carbocycles. The van der Waals surface area contributed by atoms with Gasteiger partial charge in [-0.05, 0) is 60.7 Å². The third kappa shape index (κ3) is 4.90. The second-order valence-corrected chi connectivity index (χ2v) is 8.00. The zero-order valence-electron chi connectivity index (χ0n) is 14.7. The summed E-state index contributed by atoms with van der Waals surface area (Å²) in [5, 5.41) is 11.3. The summed E-state index contributed by atoms with van der Waals surface area (Å²) < 4.78 is 40.3. The molecule has 0 unspecified atom stereocenters. The Morgan fingerprint density at radius 2 is 1.72 bits per heavy atom. The quantitative estimate of drug-likeness (QED) is 0.627. The van der Waals surface area contributed by atoms with Crippen LogP contribution in [0.2, 0.25) is 5.02 Å². The number of nitrogens with one attached hydrogen (secondary N) is 2. The number of benzene rings is 3. The first-order valence-corrected chi connectivity index (χ1v) is 10.0. The van der Waals surface area contributed by atoms with Crippen molar-refractivity contribution >= 4 is 38.9 Å². The molecule has 0 saturated heterocycles. The van der Waals surface area contributed by atoms with E-state index in [9.17, 15) is 17.6 Å². The van der Waals surface area contributed by atoms with Gasteiger partial charge in [-0.2, -0.15) is 5.26 Å². The minimum absolute atomic E-state index is 0.192. The Bertz CT molecular complexity index is 1220. The number of carbonyl (C=O) groups excluding carboxylic acids is 1. The number of amides is 1. The monoisotopic (exact) mass is 429 g/mol. The van der Waals surface area contributed by atoms with Gasteiger partial charge in [0, 0.05) is 16.9 Å². The lowest BCUT2D eigenvalue weighted by atomic mass is 10.1. The number of nitriles is 1. The largest absolute Gasteiger partial charge is 0.322 e. The molecule has 1 amide bonds. The Balaban J connectivity index is 1.73. The van der Waals surface area contributed by atoms with E-state index in [2.05, 4.69) is 10.0 Å². The molecule has 0 heterocycles. The Morgan fingerprint density at radius 1 is 1.00 bits per heavy atom. The fraction of sp³-hybridized carbons (Fsp3) is 0. The molecule has 0 fully saturated rings. The molecule has 2 N–H and O–H groups in total. The number of carbonyl (C=O) groups is 1. The lowest BCUT2D eigenvalue weighted by Gasteiger charge is -2.10. The maximum atomic E-state index is 13.2. The summed E-state index contributed by atoms with van der Waals surface area (Å²) in [5.74, 6) is -1.14. The Kier molecular flexibility index (Phi) is 5.82. The highest BCUT2D eigenvalue weighted by Crippen LogP contribution is 2.22. The Hall–Kier alpha value is -3.41. The molecule has 29 heavy (non-hydrogen) atoms. The lowest BCUT2D eigenvalue weighted by molar-refractivity contribution is 0.102. The number of hydrogen-bond donors (Lipinski definition) is 2. The van der Waals surface area contributed by atoms with Crippen molar-refractivity contribution in [2.75, 3.05) is 10.0 Å². The van der Waals surface area contributed by atoms with E-state index in [1.807, 2.05) is 6.07 Å². The van der Waals surface area contributed by atoms with Gasteiger partial charge in [-0.1, -0.05) is 17.7 Å². The van der Waals surface area contributed by atoms with Gasteiger partial charge >= 0.3 is 0 Å². The summed E-state index contributed by atoms with van der Waals surface area (Å²) in [6.07, 6.45) is 0. The third-order valence-corrected chi connectivity index (χ3v) is 5.52. The smallest absolute Gasteiger partial charge is 0.261 e. The molecular formula is C20H13ClFN3O3S. The van der Waals surface area contributed by atoms with Gasteiger partial charge < -0.3 is 5.32 Å². The van der Waals surface area contributed by atoms with Gasteiger partial charge in [0.15, 0.2) is 0 Å². The lowest BCUT2D eigenvalue weighted by Crippen LogP contribution is -2.14. The number of nitrogens with zero attached hydrogens (tertiary/aromatic N) is 1. The molecule has 0 bridgehead atoms. The first-order chi connectivity index (χ1) is 13.8. The van der Waals surface area contributed by atoms with Gasteiger partial charge in [0.05, 0.1) is 21.6 Å². The highest BCUT2D eigenvalue weighted by Gasteiger charge is 2.16. The van der Waals surface area contributed by atoms with E-state index in [1.54, 1.807) is 18.2 Å². The molecule has 6 nitrogen and oxygen atoms in total. The average Bonchev–Trinajstić information content (AvgIpc) is 2.70. The summed E-state index contributed by atoms with van der Waals surface area (Å²) in [6.45, 7) is 0. The van der Waals surface area contributed by atoms with E-state index in [4.69, 9.17) is 16.9 Å². The highest BCUT2D eigenvalue weighted by molar-refractivity contribution is 7.92. The SMILES string of the molecule is N#Cc1cccc(NC(=O)c2ccc(NS(=O)(=O)c3ccc(F)c(Cl)c3)cc2)c1. The van der Waals surface area contributed by atoms with Crippen LogP contribution in [0.1, 0.15) is 15.9 Å². The van der Waals surface area contributed by atoms with Gasteiger partial charge in [0.1, 0.15) is 5.82 Å². The maximum absolute atomic E-state index is 13.2. The van der Waals surface area contributed by atoms with Crippen LogP contribution in [0.5, 0.6) is 0 Å². The first kappa shape index (κ1) is 20.3. The number of sulfonamides is 1. The molecule has 0 radical (unpaired) electrons. The molecule has 0 aliphatic rings. The molecule has 146 valence electrons. The normalized spacial score (nSPS) is 10.8. The van der Waals surface area contributed by atoms with Crippen molar-refractivity contribution in [1.82, 2.24) is 0 Å². The van der Waals surface area contributed by atoms with Crippen LogP contribution in [0.15, 0.2) is 71.6 Å². The predicted octanol–water partition coefficient (Wildman–Crippen LogP) is 4.40. The third-order valence-electron chi connectivity index (χ3n) is 3.85. The Morgan fingerprint density at radius 3 is 2.38 bits per heavy atom. The molecule has 9 heteroatoms. The topological polar surface area (TPSA) is 99.1 Å². The van der Waals surface area contributed by atoms with E-state index >= 15 is 0 Å². The molecule has 0 atom stereocenters. The zero-order valence-corrected chi connectivity index (χ0v) is 16.3. The number of halogens is 2. The standard InChI is InChI=1S/C20H13ClFN3O3S/c21-18-11-17(8-9-19(18)22)29(27,28)25-15-6-4-14(5-7-15)20(26)24-16-3-1-2-13(10-16)12-23/h1-11,25H,(H,24,26). The second kappa shape index (κ2) is 8.31. The van der Waals surface area contributed by atoms with Gasteiger partial charge in [-0.15, -0.1) is 0 Å². The number of anilines is 2. The van der Waals surface area contributed by atoms with Crippen molar-refractivity contribution < 1.29 is 17.6 Å². The van der Waals surface area contributed by atoms with Crippen LogP contribution in [0, 0.1) is 17.1 Å². The van der Waals surface area contributed by atoms with Crippen molar-refractivity contribution in [3.8, 4) is 6.07 Å². The van der Waals surface area contributed by atoms with Crippen molar-refractivity contribution in [3.63, 3.8) is 0 Å². The van der Waals surface area contributed by atoms with Gasteiger partial charge in [-0.3, -0.25) is 9.52 Å². The van der Waals surface area contributed by atoms with Gasteiger partial charge in [0.2, 0.25) is 0 Å². The molecule has 0 aromatic heterocycles. The molecule has 0 saturated carbocycles. The highest BCUT2D eigenvalue weighted by atomic mass is 35.5.